The quantitative estimate of drug-likeness (QED) is 0.805. The predicted molar refractivity (Wildman–Crippen MR) is 110 cm³/mol. The van der Waals surface area contributed by atoms with Gasteiger partial charge in [-0.25, -0.2) is 0 Å². The summed E-state index contributed by atoms with van der Waals surface area (Å²) in [5.74, 6) is -0.0572. The number of ether oxygens (including phenoxy) is 1. The maximum Gasteiger partial charge on any atom is 0.232 e. The van der Waals surface area contributed by atoms with E-state index >= 15 is 0 Å². The van der Waals surface area contributed by atoms with Crippen LogP contribution >= 0.6 is 0 Å². The van der Waals surface area contributed by atoms with Crippen LogP contribution in [0.4, 0.5) is 11.4 Å². The van der Waals surface area contributed by atoms with Crippen LogP contribution in [0.3, 0.4) is 0 Å². The first kappa shape index (κ1) is 20.0. The maximum absolute atomic E-state index is 12.7. The first-order chi connectivity index (χ1) is 13.5. The van der Waals surface area contributed by atoms with Crippen LogP contribution < -0.4 is 16.0 Å². The van der Waals surface area contributed by atoms with Gasteiger partial charge >= 0.3 is 0 Å². The van der Waals surface area contributed by atoms with E-state index in [1.807, 2.05) is 54.6 Å². The summed E-state index contributed by atoms with van der Waals surface area (Å²) in [5, 5.41) is 2.96. The van der Waals surface area contributed by atoms with Crippen molar-refractivity contribution in [3.63, 3.8) is 0 Å². The number of amides is 2. The molecule has 1 heterocycles. The molecular formula is C22H27N3O3. The molecule has 2 amide bonds. The Morgan fingerprint density at radius 3 is 2.32 bits per heavy atom. The molecule has 1 fully saturated rings. The van der Waals surface area contributed by atoms with Gasteiger partial charge in [0.2, 0.25) is 11.8 Å². The van der Waals surface area contributed by atoms with Gasteiger partial charge in [0.15, 0.2) is 0 Å². The highest BCUT2D eigenvalue weighted by atomic mass is 16.5. The molecule has 148 valence electrons. The number of carbonyl (C=O) groups excluding carboxylic acids is 2. The van der Waals surface area contributed by atoms with Gasteiger partial charge in [0.25, 0.3) is 0 Å². The summed E-state index contributed by atoms with van der Waals surface area (Å²) >= 11 is 0. The molecule has 1 aliphatic heterocycles. The molecule has 0 unspecified atom stereocenters. The van der Waals surface area contributed by atoms with E-state index in [4.69, 9.17) is 10.5 Å². The summed E-state index contributed by atoms with van der Waals surface area (Å²) in [6.45, 7) is 1.42. The molecule has 0 saturated carbocycles. The minimum atomic E-state index is -0.564. The molecule has 0 radical (unpaired) electrons. The molecule has 6 heteroatoms. The Bertz CT molecular complexity index is 800. The lowest BCUT2D eigenvalue weighted by Crippen LogP contribution is -2.46. The van der Waals surface area contributed by atoms with Crippen molar-refractivity contribution in [1.29, 1.82) is 0 Å². The second-order valence-corrected chi connectivity index (χ2v) is 7.21. The number of nitrogens with zero attached hydrogens (tertiary/aromatic N) is 1. The minimum Gasteiger partial charge on any atom is -0.381 e. The fourth-order valence-electron chi connectivity index (χ4n) is 3.34. The molecule has 0 atom stereocenters. The maximum atomic E-state index is 12.7. The van der Waals surface area contributed by atoms with Gasteiger partial charge in [-0.3, -0.25) is 9.59 Å². The lowest BCUT2D eigenvalue weighted by Gasteiger charge is -2.34. The number of rotatable bonds is 6. The van der Waals surface area contributed by atoms with E-state index in [-0.39, 0.29) is 11.8 Å². The lowest BCUT2D eigenvalue weighted by molar-refractivity contribution is -0.130. The molecule has 6 nitrogen and oxygen atoms in total. The molecule has 2 aromatic rings. The summed E-state index contributed by atoms with van der Waals surface area (Å²) in [6, 6.07) is 16.9. The van der Waals surface area contributed by atoms with Gasteiger partial charge in [-0.05, 0) is 42.7 Å². The number of hydrogen-bond donors (Lipinski definition) is 2. The number of benzene rings is 2. The zero-order valence-electron chi connectivity index (χ0n) is 16.2. The number of likely N-dealkylation sites (N-methyl/N-ethyl adjacent to an activating group) is 1. The number of hydrogen-bond acceptors (Lipinski definition) is 4. The number of para-hydroxylation sites is 1. The van der Waals surface area contributed by atoms with E-state index in [0.29, 0.717) is 44.7 Å². The first-order valence-corrected chi connectivity index (χ1v) is 9.54. The van der Waals surface area contributed by atoms with Crippen LogP contribution in [0.2, 0.25) is 0 Å². The average Bonchev–Trinajstić information content (AvgIpc) is 2.75. The highest BCUT2D eigenvalue weighted by Gasteiger charge is 2.38. The Morgan fingerprint density at radius 2 is 1.71 bits per heavy atom. The summed E-state index contributed by atoms with van der Waals surface area (Å²) in [4.78, 5) is 26.9. The monoisotopic (exact) mass is 381 g/mol. The van der Waals surface area contributed by atoms with Gasteiger partial charge in [0.1, 0.15) is 0 Å². The lowest BCUT2D eigenvalue weighted by atomic mass is 9.79. The van der Waals surface area contributed by atoms with Crippen molar-refractivity contribution in [2.75, 3.05) is 37.0 Å². The van der Waals surface area contributed by atoms with Gasteiger partial charge < -0.3 is 20.7 Å². The van der Waals surface area contributed by atoms with E-state index in [2.05, 4.69) is 5.32 Å². The fourth-order valence-corrected chi connectivity index (χ4v) is 3.34. The Kier molecular flexibility index (Phi) is 6.44. The van der Waals surface area contributed by atoms with E-state index in [9.17, 15) is 9.59 Å². The molecule has 0 aromatic heterocycles. The molecule has 1 aliphatic rings. The van der Waals surface area contributed by atoms with Crippen molar-refractivity contribution in [3.05, 3.63) is 60.2 Å². The van der Waals surface area contributed by atoms with Gasteiger partial charge in [-0.2, -0.15) is 0 Å². The van der Waals surface area contributed by atoms with Crippen molar-refractivity contribution in [2.24, 2.45) is 11.1 Å². The van der Waals surface area contributed by atoms with Gasteiger partial charge in [0, 0.05) is 38.2 Å². The van der Waals surface area contributed by atoms with Crippen molar-refractivity contribution < 1.29 is 14.3 Å². The standard InChI is InChI=1S/C22H27N3O3/c1-25(19-5-3-2-4-6-19)20(26)15-17-7-9-18(10-8-17)24-21(27)22(16-23)11-13-28-14-12-22/h2-10H,11-16,23H2,1H3,(H,24,27). The van der Waals surface area contributed by atoms with Crippen molar-refractivity contribution in [2.45, 2.75) is 19.3 Å². The Hall–Kier alpha value is -2.70. The van der Waals surface area contributed by atoms with E-state index in [1.54, 1.807) is 11.9 Å². The van der Waals surface area contributed by atoms with Crippen LogP contribution in [0.25, 0.3) is 0 Å². The number of anilines is 2. The van der Waals surface area contributed by atoms with Gasteiger partial charge in [-0.1, -0.05) is 30.3 Å². The zero-order chi connectivity index (χ0) is 20.0. The molecular weight excluding hydrogens is 354 g/mol. The normalized spacial score (nSPS) is 15.6. The summed E-state index contributed by atoms with van der Waals surface area (Å²) in [6.07, 6.45) is 1.56. The third-order valence-electron chi connectivity index (χ3n) is 5.41. The van der Waals surface area contributed by atoms with E-state index < -0.39 is 5.41 Å². The highest BCUT2D eigenvalue weighted by molar-refractivity contribution is 5.96. The Labute approximate surface area is 165 Å². The van der Waals surface area contributed by atoms with Gasteiger partial charge in [0.05, 0.1) is 11.8 Å². The number of nitrogens with one attached hydrogen (secondary N) is 1. The molecule has 0 aliphatic carbocycles. The second kappa shape index (κ2) is 8.99. The topological polar surface area (TPSA) is 84.7 Å². The van der Waals surface area contributed by atoms with Crippen molar-refractivity contribution >= 4 is 23.2 Å². The van der Waals surface area contributed by atoms with Crippen LogP contribution in [0, 0.1) is 5.41 Å². The molecule has 3 N–H and O–H groups in total. The van der Waals surface area contributed by atoms with Gasteiger partial charge in [-0.15, -0.1) is 0 Å². The van der Waals surface area contributed by atoms with Crippen molar-refractivity contribution in [1.82, 2.24) is 0 Å². The number of nitrogens with two attached hydrogens (primary N) is 1. The van der Waals surface area contributed by atoms with Crippen LogP contribution in [-0.4, -0.2) is 38.6 Å². The fraction of sp³-hybridized carbons (Fsp3) is 0.364. The van der Waals surface area contributed by atoms with Crippen LogP contribution in [0.1, 0.15) is 18.4 Å². The molecule has 3 rings (SSSR count). The predicted octanol–water partition coefficient (Wildman–Crippen LogP) is 2.59. The average molecular weight is 381 g/mol. The molecule has 0 bridgehead atoms. The SMILES string of the molecule is CN(C(=O)Cc1ccc(NC(=O)C2(CN)CCOCC2)cc1)c1ccccc1. The van der Waals surface area contributed by atoms with E-state index in [1.165, 1.54) is 0 Å². The third-order valence-corrected chi connectivity index (χ3v) is 5.41. The summed E-state index contributed by atoms with van der Waals surface area (Å²) < 4.78 is 5.36. The van der Waals surface area contributed by atoms with Crippen LogP contribution in [-0.2, 0) is 20.7 Å². The summed E-state index contributed by atoms with van der Waals surface area (Å²) in [7, 11) is 1.77. The minimum absolute atomic E-state index is 0.00674. The third kappa shape index (κ3) is 4.58. The highest BCUT2D eigenvalue weighted by Crippen LogP contribution is 2.31. The molecule has 2 aromatic carbocycles. The number of carbonyl (C=O) groups is 2. The molecule has 28 heavy (non-hydrogen) atoms. The molecule has 0 spiro atoms. The van der Waals surface area contributed by atoms with Crippen molar-refractivity contribution in [3.8, 4) is 0 Å². The zero-order valence-corrected chi connectivity index (χ0v) is 16.2. The van der Waals surface area contributed by atoms with E-state index in [0.717, 1.165) is 11.3 Å². The van der Waals surface area contributed by atoms with Crippen LogP contribution in [0.5, 0.6) is 0 Å². The first-order valence-electron chi connectivity index (χ1n) is 9.54. The second-order valence-electron chi connectivity index (χ2n) is 7.21. The Morgan fingerprint density at radius 1 is 1.07 bits per heavy atom. The van der Waals surface area contributed by atoms with Crippen LogP contribution in [0.15, 0.2) is 54.6 Å². The Balaban J connectivity index is 1.60. The largest absolute Gasteiger partial charge is 0.381 e. The summed E-state index contributed by atoms with van der Waals surface area (Å²) in [5.41, 5.74) is 7.79. The molecule has 1 saturated heterocycles. The smallest absolute Gasteiger partial charge is 0.232 e.